The van der Waals surface area contributed by atoms with Crippen LogP contribution in [-0.4, -0.2) is 10.6 Å². The predicted molar refractivity (Wildman–Crippen MR) is 59.0 cm³/mol. The van der Waals surface area contributed by atoms with Crippen molar-refractivity contribution in [2.24, 2.45) is 0 Å². The van der Waals surface area contributed by atoms with E-state index < -0.39 is 4.84 Å². The number of ketones is 1. The van der Waals surface area contributed by atoms with Gasteiger partial charge in [0.05, 0.1) is 0 Å². The van der Waals surface area contributed by atoms with Gasteiger partial charge in [-0.25, -0.2) is 0 Å². The molecule has 0 atom stereocenters. The molecule has 1 rings (SSSR count). The third kappa shape index (κ3) is 2.84. The average Bonchev–Trinajstić information content (AvgIpc) is 2.08. The van der Waals surface area contributed by atoms with E-state index in [1.165, 1.54) is 6.07 Å². The number of alkyl halides is 2. The second kappa shape index (κ2) is 4.65. The zero-order valence-corrected chi connectivity index (χ0v) is 10.1. The summed E-state index contributed by atoms with van der Waals surface area (Å²) in [5.74, 6) is -0.363. The van der Waals surface area contributed by atoms with Crippen molar-refractivity contribution in [2.75, 3.05) is 0 Å². The molecule has 0 aliphatic carbocycles. The van der Waals surface area contributed by atoms with Crippen molar-refractivity contribution >= 4 is 56.5 Å². The third-order valence-corrected chi connectivity index (χ3v) is 2.72. The number of carbonyl (C=O) groups is 1. The maximum absolute atomic E-state index is 11.4. The van der Waals surface area contributed by atoms with Crippen molar-refractivity contribution in [1.82, 2.24) is 0 Å². The van der Waals surface area contributed by atoms with Crippen molar-refractivity contribution in [2.45, 2.75) is 4.84 Å². The lowest BCUT2D eigenvalue weighted by Crippen LogP contribution is -2.08. The molecule has 0 unspecified atom stereocenters. The molecular formula is C8H4BrCl3O. The van der Waals surface area contributed by atoms with E-state index in [1.54, 1.807) is 12.1 Å². The van der Waals surface area contributed by atoms with E-state index in [9.17, 15) is 4.79 Å². The smallest absolute Gasteiger partial charge is 0.196 e. The van der Waals surface area contributed by atoms with Crippen LogP contribution in [0.25, 0.3) is 0 Å². The summed E-state index contributed by atoms with van der Waals surface area (Å²) in [6, 6.07) is 4.86. The number of hydrogen-bond acceptors (Lipinski definition) is 1. The molecule has 0 bridgehead atoms. The molecule has 0 aliphatic rings. The number of rotatable bonds is 2. The lowest BCUT2D eigenvalue weighted by atomic mass is 10.1. The quantitative estimate of drug-likeness (QED) is 0.594. The molecule has 0 fully saturated rings. The highest BCUT2D eigenvalue weighted by Crippen LogP contribution is 2.24. The fourth-order valence-electron chi connectivity index (χ4n) is 0.804. The summed E-state index contributed by atoms with van der Waals surface area (Å²) < 4.78 is 0.633. The van der Waals surface area contributed by atoms with E-state index >= 15 is 0 Å². The molecule has 13 heavy (non-hydrogen) atoms. The van der Waals surface area contributed by atoms with E-state index in [0.717, 1.165) is 0 Å². The highest BCUT2D eigenvalue weighted by atomic mass is 79.9. The van der Waals surface area contributed by atoms with Gasteiger partial charge in [-0.15, -0.1) is 0 Å². The number of halogens is 4. The summed E-state index contributed by atoms with van der Waals surface area (Å²) in [7, 11) is 0. The van der Waals surface area contributed by atoms with Gasteiger partial charge in [-0.05, 0) is 18.2 Å². The number of carbonyl (C=O) groups excluding carboxylic acids is 1. The highest BCUT2D eigenvalue weighted by molar-refractivity contribution is 9.10. The Kier molecular flexibility index (Phi) is 4.05. The molecule has 1 nitrogen and oxygen atoms in total. The Balaban J connectivity index is 3.13. The van der Waals surface area contributed by atoms with Gasteiger partial charge in [0.15, 0.2) is 10.6 Å². The van der Waals surface area contributed by atoms with E-state index in [4.69, 9.17) is 34.8 Å². The van der Waals surface area contributed by atoms with Crippen LogP contribution in [0.15, 0.2) is 22.7 Å². The minimum atomic E-state index is -1.06. The van der Waals surface area contributed by atoms with Crippen molar-refractivity contribution in [3.05, 3.63) is 33.3 Å². The zero-order valence-electron chi connectivity index (χ0n) is 6.23. The van der Waals surface area contributed by atoms with Crippen molar-refractivity contribution in [1.29, 1.82) is 0 Å². The van der Waals surface area contributed by atoms with E-state index in [2.05, 4.69) is 15.9 Å². The molecule has 0 aromatic heterocycles. The van der Waals surface area contributed by atoms with Crippen LogP contribution in [-0.2, 0) is 0 Å². The first-order valence-corrected chi connectivity index (χ1v) is 5.34. The molecule has 5 heteroatoms. The number of benzene rings is 1. The largest absolute Gasteiger partial charge is 0.291 e. The normalized spacial score (nSPS) is 10.5. The van der Waals surface area contributed by atoms with Gasteiger partial charge in [0.2, 0.25) is 0 Å². The Morgan fingerprint density at radius 2 is 2.00 bits per heavy atom. The summed E-state index contributed by atoms with van der Waals surface area (Å²) in [5.41, 5.74) is 0.391. The van der Waals surface area contributed by atoms with Crippen LogP contribution in [0.5, 0.6) is 0 Å². The van der Waals surface area contributed by atoms with Crippen LogP contribution < -0.4 is 0 Å². The third-order valence-electron chi connectivity index (χ3n) is 1.39. The summed E-state index contributed by atoms with van der Waals surface area (Å²) in [5, 5.41) is 0.473. The molecular weight excluding hydrogens is 298 g/mol. The molecule has 0 radical (unpaired) electrons. The highest BCUT2D eigenvalue weighted by Gasteiger charge is 2.17. The Labute approximate surface area is 99.1 Å². The molecule has 0 spiro atoms. The predicted octanol–water partition coefficient (Wildman–Crippen LogP) is 4.09. The second-order valence-corrected chi connectivity index (χ2v) is 4.68. The van der Waals surface area contributed by atoms with Crippen LogP contribution in [0.3, 0.4) is 0 Å². The minimum absolute atomic E-state index is 0.363. The Morgan fingerprint density at radius 1 is 1.38 bits per heavy atom. The monoisotopic (exact) mass is 300 g/mol. The van der Waals surface area contributed by atoms with Gasteiger partial charge in [0.25, 0.3) is 0 Å². The van der Waals surface area contributed by atoms with Gasteiger partial charge in [-0.2, -0.15) is 0 Å². The molecule has 70 valence electrons. The standard InChI is InChI=1S/C8H4BrCl3O/c9-6-2-1-4(10)3-5(6)7(13)8(11)12/h1-3,8H. The van der Waals surface area contributed by atoms with Crippen LogP contribution in [0.4, 0.5) is 0 Å². The van der Waals surface area contributed by atoms with E-state index in [-0.39, 0.29) is 5.78 Å². The minimum Gasteiger partial charge on any atom is -0.291 e. The Bertz CT molecular complexity index is 338. The zero-order chi connectivity index (χ0) is 10.0. The van der Waals surface area contributed by atoms with Crippen LogP contribution in [0.1, 0.15) is 10.4 Å². The van der Waals surface area contributed by atoms with Gasteiger partial charge >= 0.3 is 0 Å². The maximum Gasteiger partial charge on any atom is 0.196 e. The van der Waals surface area contributed by atoms with Crippen molar-refractivity contribution in [3.63, 3.8) is 0 Å². The lowest BCUT2D eigenvalue weighted by molar-refractivity contribution is 0.101. The molecule has 0 aliphatic heterocycles. The fourth-order valence-corrected chi connectivity index (χ4v) is 1.65. The van der Waals surface area contributed by atoms with Crippen LogP contribution >= 0.6 is 50.7 Å². The van der Waals surface area contributed by atoms with Crippen LogP contribution in [0, 0.1) is 0 Å². The first-order chi connectivity index (χ1) is 6.02. The first-order valence-electron chi connectivity index (χ1n) is 3.30. The van der Waals surface area contributed by atoms with E-state index in [0.29, 0.717) is 15.1 Å². The first kappa shape index (κ1) is 11.3. The maximum atomic E-state index is 11.4. The number of Topliss-reactive ketones (excluding diaryl/α,β-unsaturated/α-hetero) is 1. The van der Waals surface area contributed by atoms with Gasteiger partial charge in [0, 0.05) is 15.1 Å². The molecule has 1 aromatic carbocycles. The van der Waals surface area contributed by atoms with E-state index in [1.807, 2.05) is 0 Å². The number of hydrogen-bond donors (Lipinski definition) is 0. The summed E-state index contributed by atoms with van der Waals surface area (Å²) in [6.07, 6.45) is 0. The van der Waals surface area contributed by atoms with Crippen molar-refractivity contribution in [3.8, 4) is 0 Å². The van der Waals surface area contributed by atoms with Crippen LogP contribution in [0.2, 0.25) is 5.02 Å². The van der Waals surface area contributed by atoms with Crippen molar-refractivity contribution < 1.29 is 4.79 Å². The second-order valence-electron chi connectivity index (χ2n) is 2.29. The molecule has 0 saturated carbocycles. The SMILES string of the molecule is O=C(c1cc(Cl)ccc1Br)C(Cl)Cl. The molecule has 0 saturated heterocycles. The fraction of sp³-hybridized carbons (Fsp3) is 0.125. The Morgan fingerprint density at radius 3 is 2.54 bits per heavy atom. The summed E-state index contributed by atoms with van der Waals surface area (Å²) in [4.78, 5) is 10.3. The summed E-state index contributed by atoms with van der Waals surface area (Å²) >= 11 is 19.8. The topological polar surface area (TPSA) is 17.1 Å². The van der Waals surface area contributed by atoms with Gasteiger partial charge < -0.3 is 0 Å². The Hall–Kier alpha value is 0.240. The van der Waals surface area contributed by atoms with Gasteiger partial charge in [-0.3, -0.25) is 4.79 Å². The molecule has 1 aromatic rings. The molecule has 0 amide bonds. The lowest BCUT2D eigenvalue weighted by Gasteiger charge is -2.03. The van der Waals surface area contributed by atoms with Gasteiger partial charge in [-0.1, -0.05) is 50.7 Å². The molecule has 0 heterocycles. The summed E-state index contributed by atoms with van der Waals surface area (Å²) in [6.45, 7) is 0. The average molecular weight is 302 g/mol. The molecule has 0 N–H and O–H groups in total. The van der Waals surface area contributed by atoms with Gasteiger partial charge in [0.1, 0.15) is 0 Å².